The van der Waals surface area contributed by atoms with E-state index in [1.54, 1.807) is 4.68 Å². The van der Waals surface area contributed by atoms with E-state index in [4.69, 9.17) is 0 Å². The fraction of sp³-hybridized carbons (Fsp3) is 0.643. The van der Waals surface area contributed by atoms with E-state index in [-0.39, 0.29) is 29.3 Å². The van der Waals surface area contributed by atoms with Crippen LogP contribution in [0.4, 0.5) is 0 Å². The highest BCUT2D eigenvalue weighted by Crippen LogP contribution is 2.35. The second-order valence-corrected chi connectivity index (χ2v) is 6.22. The van der Waals surface area contributed by atoms with Gasteiger partial charge in [-0.1, -0.05) is 20.8 Å². The molecular formula is C14H20N2O2. The van der Waals surface area contributed by atoms with Gasteiger partial charge in [-0.25, -0.2) is 0 Å². The highest BCUT2D eigenvalue weighted by atomic mass is 16.1. The van der Waals surface area contributed by atoms with Gasteiger partial charge in [0.15, 0.2) is 0 Å². The van der Waals surface area contributed by atoms with Gasteiger partial charge in [0, 0.05) is 37.4 Å². The van der Waals surface area contributed by atoms with Crippen molar-refractivity contribution < 1.29 is 9.59 Å². The zero-order chi connectivity index (χ0) is 13.5. The van der Waals surface area contributed by atoms with Crippen molar-refractivity contribution >= 4 is 11.6 Å². The Balaban J connectivity index is 2.38. The molecule has 1 aliphatic rings. The Morgan fingerprint density at radius 3 is 2.28 bits per heavy atom. The molecule has 1 fully saturated rings. The molecule has 18 heavy (non-hydrogen) atoms. The molecule has 0 unspecified atom stereocenters. The largest absolute Gasteiger partial charge is 0.299 e. The summed E-state index contributed by atoms with van der Waals surface area (Å²) < 4.78 is 1.78. The van der Waals surface area contributed by atoms with Crippen LogP contribution in [0.2, 0.25) is 0 Å². The maximum Gasteiger partial charge on any atom is 0.140 e. The summed E-state index contributed by atoms with van der Waals surface area (Å²) in [5.74, 6) is 0.126. The average molecular weight is 248 g/mol. The Kier molecular flexibility index (Phi) is 3.13. The number of Topliss-reactive ketones (excluding diaryl/α,β-unsaturated/α-hetero) is 2. The lowest BCUT2D eigenvalue weighted by molar-refractivity contribution is -0.130. The van der Waals surface area contributed by atoms with Gasteiger partial charge in [-0.3, -0.25) is 14.3 Å². The molecule has 0 aliphatic heterocycles. The summed E-state index contributed by atoms with van der Waals surface area (Å²) in [5, 5.41) is 4.50. The van der Waals surface area contributed by atoms with Crippen molar-refractivity contribution in [3.05, 3.63) is 17.5 Å². The zero-order valence-electron chi connectivity index (χ0n) is 11.5. The van der Waals surface area contributed by atoms with Gasteiger partial charge >= 0.3 is 0 Å². The van der Waals surface area contributed by atoms with E-state index in [1.807, 2.05) is 13.2 Å². The minimum absolute atomic E-state index is 0.0154. The van der Waals surface area contributed by atoms with Gasteiger partial charge in [-0.2, -0.15) is 5.10 Å². The van der Waals surface area contributed by atoms with Crippen LogP contribution >= 0.6 is 0 Å². The number of carbonyl (C=O) groups excluding carboxylic acids is 2. The SMILES string of the molecule is Cn1cc(C2CC(=O)CC(=O)C2)c(C(C)(C)C)n1. The molecular weight excluding hydrogens is 228 g/mol. The molecule has 0 bridgehead atoms. The van der Waals surface area contributed by atoms with Crippen molar-refractivity contribution in [2.24, 2.45) is 7.05 Å². The maximum absolute atomic E-state index is 11.6. The highest BCUT2D eigenvalue weighted by molar-refractivity contribution is 6.02. The lowest BCUT2D eigenvalue weighted by Crippen LogP contribution is -2.24. The molecule has 4 nitrogen and oxygen atoms in total. The Labute approximate surface area is 107 Å². The quantitative estimate of drug-likeness (QED) is 0.715. The van der Waals surface area contributed by atoms with Gasteiger partial charge in [-0.05, 0) is 5.56 Å². The Morgan fingerprint density at radius 2 is 1.78 bits per heavy atom. The normalized spacial score (nSPS) is 18.4. The third-order valence-electron chi connectivity index (χ3n) is 3.35. The molecule has 0 saturated heterocycles. The average Bonchev–Trinajstić information content (AvgIpc) is 2.58. The summed E-state index contributed by atoms with van der Waals surface area (Å²) in [7, 11) is 1.88. The molecule has 0 spiro atoms. The second kappa shape index (κ2) is 4.34. The zero-order valence-corrected chi connectivity index (χ0v) is 11.5. The van der Waals surface area contributed by atoms with Gasteiger partial charge in [0.2, 0.25) is 0 Å². The molecule has 2 rings (SSSR count). The number of carbonyl (C=O) groups is 2. The lowest BCUT2D eigenvalue weighted by atomic mass is 9.78. The van der Waals surface area contributed by atoms with Gasteiger partial charge in [0.1, 0.15) is 11.6 Å². The molecule has 98 valence electrons. The van der Waals surface area contributed by atoms with Crippen molar-refractivity contribution in [1.82, 2.24) is 9.78 Å². The highest BCUT2D eigenvalue weighted by Gasteiger charge is 2.32. The molecule has 0 atom stereocenters. The van der Waals surface area contributed by atoms with Gasteiger partial charge in [0.25, 0.3) is 0 Å². The first kappa shape index (κ1) is 13.0. The Hall–Kier alpha value is -1.45. The minimum atomic E-state index is -0.0693. The minimum Gasteiger partial charge on any atom is -0.299 e. The summed E-state index contributed by atoms with van der Waals surface area (Å²) in [4.78, 5) is 23.2. The van der Waals surface area contributed by atoms with Gasteiger partial charge in [-0.15, -0.1) is 0 Å². The van der Waals surface area contributed by atoms with Crippen molar-refractivity contribution in [3.63, 3.8) is 0 Å². The number of aryl methyl sites for hydroxylation is 1. The van der Waals surface area contributed by atoms with Crippen LogP contribution in [-0.2, 0) is 22.1 Å². The molecule has 1 aliphatic carbocycles. The third-order valence-corrected chi connectivity index (χ3v) is 3.35. The Bertz CT molecular complexity index is 478. The summed E-state index contributed by atoms with van der Waals surface area (Å²) in [6.45, 7) is 6.31. The van der Waals surface area contributed by atoms with Crippen molar-refractivity contribution in [1.29, 1.82) is 0 Å². The number of ketones is 2. The molecule has 0 aromatic carbocycles. The van der Waals surface area contributed by atoms with E-state index >= 15 is 0 Å². The van der Waals surface area contributed by atoms with E-state index in [2.05, 4.69) is 25.9 Å². The second-order valence-electron chi connectivity index (χ2n) is 6.22. The predicted octanol–water partition coefficient (Wildman–Crippen LogP) is 2.12. The van der Waals surface area contributed by atoms with Crippen molar-refractivity contribution in [2.75, 3.05) is 0 Å². The van der Waals surface area contributed by atoms with Crippen LogP contribution in [0.3, 0.4) is 0 Å². The molecule has 1 aromatic rings. The molecule has 0 radical (unpaired) electrons. The summed E-state index contributed by atoms with van der Waals surface area (Å²) in [5.41, 5.74) is 1.99. The molecule has 0 N–H and O–H groups in total. The molecule has 4 heteroatoms. The van der Waals surface area contributed by atoms with Crippen molar-refractivity contribution in [2.45, 2.75) is 51.4 Å². The van der Waals surface area contributed by atoms with E-state index in [0.717, 1.165) is 11.3 Å². The first-order valence-electron chi connectivity index (χ1n) is 6.35. The van der Waals surface area contributed by atoms with Crippen LogP contribution < -0.4 is 0 Å². The maximum atomic E-state index is 11.6. The molecule has 1 saturated carbocycles. The summed E-state index contributed by atoms with van der Waals surface area (Å²) in [6, 6.07) is 0. The summed E-state index contributed by atoms with van der Waals surface area (Å²) >= 11 is 0. The van der Waals surface area contributed by atoms with Crippen LogP contribution in [0, 0.1) is 0 Å². The van der Waals surface area contributed by atoms with Crippen LogP contribution in [0.1, 0.15) is 57.2 Å². The van der Waals surface area contributed by atoms with Crippen LogP contribution in [0.25, 0.3) is 0 Å². The standard InChI is InChI=1S/C14H20N2O2/c1-14(2,3)13-12(8-16(4)15-13)9-5-10(17)7-11(18)6-9/h8-9H,5-7H2,1-4H3. The number of hydrogen-bond donors (Lipinski definition) is 0. The lowest BCUT2D eigenvalue weighted by Gasteiger charge is -2.24. The number of nitrogens with zero attached hydrogens (tertiary/aromatic N) is 2. The van der Waals surface area contributed by atoms with Crippen molar-refractivity contribution in [3.8, 4) is 0 Å². The summed E-state index contributed by atoms with van der Waals surface area (Å²) in [6.07, 6.45) is 3.01. The monoisotopic (exact) mass is 248 g/mol. The molecule has 1 aromatic heterocycles. The smallest absolute Gasteiger partial charge is 0.140 e. The fourth-order valence-corrected chi connectivity index (χ4v) is 2.59. The number of rotatable bonds is 1. The first-order valence-corrected chi connectivity index (χ1v) is 6.35. The van der Waals surface area contributed by atoms with Crippen LogP contribution in [-0.4, -0.2) is 21.3 Å². The number of aromatic nitrogens is 2. The fourth-order valence-electron chi connectivity index (χ4n) is 2.59. The molecule has 1 heterocycles. The topological polar surface area (TPSA) is 52.0 Å². The van der Waals surface area contributed by atoms with E-state index < -0.39 is 0 Å². The molecule has 0 amide bonds. The predicted molar refractivity (Wildman–Crippen MR) is 68.5 cm³/mol. The van der Waals surface area contributed by atoms with E-state index in [9.17, 15) is 9.59 Å². The van der Waals surface area contributed by atoms with Crippen LogP contribution in [0.15, 0.2) is 6.20 Å². The van der Waals surface area contributed by atoms with Gasteiger partial charge < -0.3 is 0 Å². The Morgan fingerprint density at radius 1 is 1.22 bits per heavy atom. The van der Waals surface area contributed by atoms with E-state index in [1.165, 1.54) is 0 Å². The first-order chi connectivity index (χ1) is 8.27. The van der Waals surface area contributed by atoms with Crippen LogP contribution in [0.5, 0.6) is 0 Å². The van der Waals surface area contributed by atoms with E-state index in [0.29, 0.717) is 12.8 Å². The van der Waals surface area contributed by atoms with Gasteiger partial charge in [0.05, 0.1) is 12.1 Å². The number of hydrogen-bond acceptors (Lipinski definition) is 3. The third kappa shape index (κ3) is 2.52.